The molecule has 1 heterocycles. The lowest BCUT2D eigenvalue weighted by Gasteiger charge is -2.19. The average Bonchev–Trinajstić information content (AvgIpc) is 3.28. The molecule has 4 nitrogen and oxygen atoms in total. The summed E-state index contributed by atoms with van der Waals surface area (Å²) in [7, 11) is 0. The number of alkyl halides is 3. The van der Waals surface area contributed by atoms with Gasteiger partial charge in [0.1, 0.15) is 0 Å². The zero-order valence-corrected chi connectivity index (χ0v) is 22.7. The van der Waals surface area contributed by atoms with E-state index in [0.29, 0.717) is 10.8 Å². The number of carbonyl (C=O) groups excluding carboxylic acids is 1. The Morgan fingerprint density at radius 1 is 1.03 bits per heavy atom. The molecule has 0 aliphatic carbocycles. The highest BCUT2D eigenvalue weighted by molar-refractivity contribution is 7.99. The van der Waals surface area contributed by atoms with Crippen molar-refractivity contribution in [2.75, 3.05) is 6.54 Å². The van der Waals surface area contributed by atoms with Crippen molar-refractivity contribution in [3.8, 4) is 11.1 Å². The van der Waals surface area contributed by atoms with E-state index in [2.05, 4.69) is 31.3 Å². The molecule has 0 aliphatic heterocycles. The minimum Gasteiger partial charge on any atom is -0.481 e. The number of hydrogen-bond acceptors (Lipinski definition) is 4. The molecule has 0 spiro atoms. The number of thioether (sulfide) groups is 1. The van der Waals surface area contributed by atoms with Crippen LogP contribution in [-0.2, 0) is 11.0 Å². The van der Waals surface area contributed by atoms with Crippen LogP contribution in [0.25, 0.3) is 11.1 Å². The van der Waals surface area contributed by atoms with Crippen molar-refractivity contribution in [1.29, 1.82) is 0 Å². The summed E-state index contributed by atoms with van der Waals surface area (Å²) in [5, 5.41) is 11.5. The normalized spacial score (nSPS) is 12.5. The molecule has 0 aliphatic rings. The molecule has 1 atom stereocenters. The van der Waals surface area contributed by atoms with Gasteiger partial charge in [-0.1, -0.05) is 26.0 Å². The zero-order chi connectivity index (χ0) is 27.3. The zero-order valence-electron chi connectivity index (χ0n) is 21.1. The number of aliphatic carboxylic acids is 1. The number of carboxylic acid groups (broad SMARTS) is 1. The first-order valence-electron chi connectivity index (χ1n) is 11.9. The van der Waals surface area contributed by atoms with Gasteiger partial charge < -0.3 is 10.4 Å². The minimum absolute atomic E-state index is 0.0788. The molecule has 1 aromatic heterocycles. The Labute approximate surface area is 223 Å². The van der Waals surface area contributed by atoms with E-state index in [9.17, 15) is 22.8 Å². The molecule has 37 heavy (non-hydrogen) atoms. The number of thiophene rings is 1. The maximum Gasteiger partial charge on any atom is 0.416 e. The SMILES string of the molecule is Cc1cc(SC(CC(C)C)c2ccc(C(=O)NCCC(=O)O)s2)cc(C)c1-c1ccc(C(F)(F)F)cc1. The van der Waals surface area contributed by atoms with Crippen LogP contribution in [0.5, 0.6) is 0 Å². The summed E-state index contributed by atoms with van der Waals surface area (Å²) in [4.78, 5) is 25.8. The van der Waals surface area contributed by atoms with Crippen LogP contribution < -0.4 is 5.32 Å². The largest absolute Gasteiger partial charge is 0.481 e. The highest BCUT2D eigenvalue weighted by Gasteiger charge is 2.30. The van der Waals surface area contributed by atoms with E-state index in [1.165, 1.54) is 23.5 Å². The molecule has 0 saturated carbocycles. The standard InChI is InChI=1S/C28H30F3NO3S2/c1-16(2)13-24(22-9-10-23(37-22)27(35)32-12-11-25(33)34)36-21-14-17(3)26(18(4)15-21)19-5-7-20(8-6-19)28(29,30)31/h5-10,14-16,24H,11-13H2,1-4H3,(H,32,35)(H,33,34). The van der Waals surface area contributed by atoms with Gasteiger partial charge in [0.25, 0.3) is 5.91 Å². The average molecular weight is 550 g/mol. The molecule has 2 aromatic carbocycles. The van der Waals surface area contributed by atoms with E-state index in [-0.39, 0.29) is 24.1 Å². The quantitative estimate of drug-likeness (QED) is 0.251. The third-order valence-corrected chi connectivity index (χ3v) is 8.35. The van der Waals surface area contributed by atoms with Crippen LogP contribution in [0.15, 0.2) is 53.4 Å². The van der Waals surface area contributed by atoms with Crippen molar-refractivity contribution in [2.24, 2.45) is 5.92 Å². The summed E-state index contributed by atoms with van der Waals surface area (Å²) in [5.74, 6) is -0.824. The lowest BCUT2D eigenvalue weighted by molar-refractivity contribution is -0.138. The number of amides is 1. The van der Waals surface area contributed by atoms with Crippen LogP contribution in [0.3, 0.4) is 0 Å². The molecule has 3 aromatic rings. The summed E-state index contributed by atoms with van der Waals surface area (Å²) in [6, 6.07) is 13.1. The Balaban J connectivity index is 1.81. The van der Waals surface area contributed by atoms with E-state index in [4.69, 9.17) is 5.11 Å². The number of hydrogen-bond donors (Lipinski definition) is 2. The molecule has 0 saturated heterocycles. The predicted octanol–water partition coefficient (Wildman–Crippen LogP) is 8.13. The lowest BCUT2D eigenvalue weighted by Crippen LogP contribution is -2.25. The van der Waals surface area contributed by atoms with Crippen LogP contribution in [0.1, 0.15) is 63.2 Å². The molecule has 1 unspecified atom stereocenters. The topological polar surface area (TPSA) is 66.4 Å². The van der Waals surface area contributed by atoms with Gasteiger partial charge in [0.15, 0.2) is 0 Å². The van der Waals surface area contributed by atoms with Gasteiger partial charge in [-0.2, -0.15) is 13.2 Å². The summed E-state index contributed by atoms with van der Waals surface area (Å²) < 4.78 is 38.9. The van der Waals surface area contributed by atoms with Crippen molar-refractivity contribution < 1.29 is 27.9 Å². The van der Waals surface area contributed by atoms with Crippen molar-refractivity contribution in [3.05, 3.63) is 75.0 Å². The fraction of sp³-hybridized carbons (Fsp3) is 0.357. The summed E-state index contributed by atoms with van der Waals surface area (Å²) in [6.45, 7) is 8.30. The Morgan fingerprint density at radius 2 is 1.65 bits per heavy atom. The van der Waals surface area contributed by atoms with Gasteiger partial charge in [-0.3, -0.25) is 9.59 Å². The maximum atomic E-state index is 13.0. The van der Waals surface area contributed by atoms with Gasteiger partial charge >= 0.3 is 12.1 Å². The first-order valence-corrected chi connectivity index (χ1v) is 13.6. The van der Waals surface area contributed by atoms with Crippen LogP contribution in [0.2, 0.25) is 0 Å². The van der Waals surface area contributed by atoms with Gasteiger partial charge in [-0.05, 0) is 84.8 Å². The van der Waals surface area contributed by atoms with Crippen molar-refractivity contribution in [1.82, 2.24) is 5.32 Å². The molecule has 0 fully saturated rings. The molecule has 9 heteroatoms. The van der Waals surface area contributed by atoms with Gasteiger partial charge in [0, 0.05) is 21.6 Å². The van der Waals surface area contributed by atoms with Gasteiger partial charge in [0.05, 0.1) is 16.9 Å². The number of carbonyl (C=O) groups is 2. The van der Waals surface area contributed by atoms with Crippen LogP contribution in [-0.4, -0.2) is 23.5 Å². The monoisotopic (exact) mass is 549 g/mol. The van der Waals surface area contributed by atoms with Crippen LogP contribution in [0.4, 0.5) is 13.2 Å². The minimum atomic E-state index is -4.37. The van der Waals surface area contributed by atoms with Crippen molar-refractivity contribution >= 4 is 35.0 Å². The van der Waals surface area contributed by atoms with Crippen LogP contribution >= 0.6 is 23.1 Å². The first kappa shape index (κ1) is 28.8. The molecule has 2 N–H and O–H groups in total. The summed E-state index contributed by atoms with van der Waals surface area (Å²) in [5.41, 5.74) is 2.97. The number of benzene rings is 2. The highest BCUT2D eigenvalue weighted by Crippen LogP contribution is 2.44. The van der Waals surface area contributed by atoms with Crippen molar-refractivity contribution in [3.63, 3.8) is 0 Å². The second-order valence-corrected chi connectivity index (χ2v) is 11.7. The molecule has 3 rings (SSSR count). The highest BCUT2D eigenvalue weighted by atomic mass is 32.2. The number of rotatable bonds is 10. The molecule has 0 bridgehead atoms. The van der Waals surface area contributed by atoms with Crippen molar-refractivity contribution in [2.45, 2.75) is 56.9 Å². The summed E-state index contributed by atoms with van der Waals surface area (Å²) in [6.07, 6.45) is -3.60. The number of aryl methyl sites for hydroxylation is 2. The molecule has 0 radical (unpaired) electrons. The second-order valence-electron chi connectivity index (χ2n) is 9.34. The number of halogens is 3. The fourth-order valence-corrected chi connectivity index (χ4v) is 6.81. The Bertz CT molecular complexity index is 1230. The first-order chi connectivity index (χ1) is 17.3. The fourth-order valence-electron chi connectivity index (χ4n) is 4.11. The number of carboxylic acids is 1. The molecule has 198 valence electrons. The van der Waals surface area contributed by atoms with E-state index >= 15 is 0 Å². The maximum absolute atomic E-state index is 13.0. The molecule has 1 amide bonds. The molecular weight excluding hydrogens is 519 g/mol. The van der Waals surface area contributed by atoms with E-state index in [1.807, 2.05) is 19.9 Å². The summed E-state index contributed by atoms with van der Waals surface area (Å²) >= 11 is 3.12. The lowest BCUT2D eigenvalue weighted by atomic mass is 9.95. The van der Waals surface area contributed by atoms with Gasteiger partial charge in [0.2, 0.25) is 0 Å². The van der Waals surface area contributed by atoms with E-state index < -0.39 is 17.7 Å². The third kappa shape index (κ3) is 7.85. The van der Waals surface area contributed by atoms with Gasteiger partial charge in [-0.25, -0.2) is 0 Å². The van der Waals surface area contributed by atoms with E-state index in [0.717, 1.165) is 50.6 Å². The smallest absolute Gasteiger partial charge is 0.416 e. The Kier molecular flexibility index (Phi) is 9.47. The van der Waals surface area contributed by atoms with E-state index in [1.54, 1.807) is 17.8 Å². The van der Waals surface area contributed by atoms with Crippen LogP contribution in [0, 0.1) is 19.8 Å². The third-order valence-electron chi connectivity index (χ3n) is 5.76. The second kappa shape index (κ2) is 12.2. The predicted molar refractivity (Wildman–Crippen MR) is 143 cm³/mol. The van der Waals surface area contributed by atoms with Gasteiger partial charge in [-0.15, -0.1) is 23.1 Å². The molecular formula is C28H30F3NO3S2. The Morgan fingerprint density at radius 3 is 2.19 bits per heavy atom. The Hall–Kier alpha value is -2.78. The number of nitrogens with one attached hydrogen (secondary N) is 1.